The molecule has 1 N–H and O–H groups in total. The highest BCUT2D eigenvalue weighted by molar-refractivity contribution is 5.81. The van der Waals surface area contributed by atoms with Crippen molar-refractivity contribution < 1.29 is 28.9 Å². The Hall–Kier alpha value is -4.00. The number of benzene rings is 3. The van der Waals surface area contributed by atoms with E-state index in [1.807, 2.05) is 36.4 Å². The lowest BCUT2D eigenvalue weighted by atomic mass is 9.98. The number of rotatable bonds is 9. The second-order valence-electron chi connectivity index (χ2n) is 9.14. The Morgan fingerprint density at radius 2 is 1.53 bits per heavy atom. The van der Waals surface area contributed by atoms with Crippen molar-refractivity contribution in [1.29, 1.82) is 0 Å². The summed E-state index contributed by atoms with van der Waals surface area (Å²) in [6, 6.07) is 20.3. The monoisotopic (exact) mass is 489 g/mol. The van der Waals surface area contributed by atoms with Crippen LogP contribution in [0.5, 0.6) is 11.5 Å². The highest BCUT2D eigenvalue weighted by atomic mass is 16.6. The number of ether oxygens (including phenoxy) is 3. The Bertz CT molecular complexity index is 1210. The third-order valence-electron chi connectivity index (χ3n) is 6.63. The summed E-state index contributed by atoms with van der Waals surface area (Å²) in [6.07, 6.45) is -0.684. The van der Waals surface area contributed by atoms with Gasteiger partial charge in [0.1, 0.15) is 24.1 Å². The van der Waals surface area contributed by atoms with E-state index in [9.17, 15) is 14.7 Å². The van der Waals surface area contributed by atoms with Crippen LogP contribution in [0.4, 0.5) is 4.79 Å². The third kappa shape index (κ3) is 4.87. The lowest BCUT2D eigenvalue weighted by Crippen LogP contribution is -2.48. The van der Waals surface area contributed by atoms with Crippen molar-refractivity contribution >= 4 is 12.1 Å². The van der Waals surface area contributed by atoms with Crippen LogP contribution < -0.4 is 9.47 Å². The van der Waals surface area contributed by atoms with Crippen molar-refractivity contribution in [3.8, 4) is 22.6 Å². The molecule has 3 aromatic rings. The Labute approximate surface area is 211 Å². The highest BCUT2D eigenvalue weighted by Crippen LogP contribution is 2.44. The van der Waals surface area contributed by atoms with Crippen LogP contribution >= 0.6 is 0 Å². The van der Waals surface area contributed by atoms with E-state index in [0.717, 1.165) is 22.3 Å². The summed E-state index contributed by atoms with van der Waals surface area (Å²) in [5.74, 6) is -0.458. The first-order valence-electron chi connectivity index (χ1n) is 11.9. The summed E-state index contributed by atoms with van der Waals surface area (Å²) in [6.45, 7) is 3.66. The van der Waals surface area contributed by atoms with Crippen LogP contribution in [0.1, 0.15) is 36.5 Å². The van der Waals surface area contributed by atoms with E-state index in [0.29, 0.717) is 17.1 Å². The molecule has 0 heterocycles. The molecule has 0 spiro atoms. The van der Waals surface area contributed by atoms with Gasteiger partial charge in [0.25, 0.3) is 0 Å². The van der Waals surface area contributed by atoms with Crippen LogP contribution in [0.25, 0.3) is 11.1 Å². The second kappa shape index (κ2) is 10.7. The van der Waals surface area contributed by atoms with Crippen LogP contribution in [0.15, 0.2) is 66.7 Å². The van der Waals surface area contributed by atoms with Crippen LogP contribution in [0, 0.1) is 5.92 Å². The molecule has 0 aliphatic heterocycles. The fourth-order valence-electron chi connectivity index (χ4n) is 4.90. The largest absolute Gasteiger partial charge is 0.497 e. The summed E-state index contributed by atoms with van der Waals surface area (Å²) in [5, 5.41) is 9.99. The number of carboxylic acid groups (broad SMARTS) is 1. The number of aliphatic carboxylic acids is 1. The predicted molar refractivity (Wildman–Crippen MR) is 136 cm³/mol. The molecule has 4 rings (SSSR count). The maximum atomic E-state index is 13.5. The first-order chi connectivity index (χ1) is 17.3. The van der Waals surface area contributed by atoms with Crippen molar-refractivity contribution in [3.05, 3.63) is 83.4 Å². The van der Waals surface area contributed by atoms with E-state index in [4.69, 9.17) is 14.2 Å². The minimum absolute atomic E-state index is 0.0129. The quantitative estimate of drug-likeness (QED) is 0.423. The molecule has 0 aromatic heterocycles. The van der Waals surface area contributed by atoms with Gasteiger partial charge >= 0.3 is 12.1 Å². The molecule has 188 valence electrons. The average Bonchev–Trinajstić information content (AvgIpc) is 3.20. The van der Waals surface area contributed by atoms with Gasteiger partial charge in [0.15, 0.2) is 0 Å². The number of fused-ring (bicyclic) bond motifs is 3. The fraction of sp³-hybridized carbons (Fsp3) is 0.310. The number of carbonyl (C=O) groups excluding carboxylic acids is 1. The fourth-order valence-corrected chi connectivity index (χ4v) is 4.90. The Balaban J connectivity index is 1.61. The van der Waals surface area contributed by atoms with Crippen LogP contribution in [0.3, 0.4) is 0 Å². The van der Waals surface area contributed by atoms with Gasteiger partial charge in [-0.3, -0.25) is 4.90 Å². The molecular weight excluding hydrogens is 458 g/mol. The molecule has 0 saturated heterocycles. The molecule has 0 bridgehead atoms. The number of carboxylic acids is 1. The van der Waals surface area contributed by atoms with Crippen molar-refractivity contribution in [1.82, 2.24) is 4.90 Å². The first kappa shape index (κ1) is 25.1. The van der Waals surface area contributed by atoms with Crippen LogP contribution in [-0.4, -0.2) is 48.9 Å². The summed E-state index contributed by atoms with van der Waals surface area (Å²) in [7, 11) is 3.07. The molecule has 1 atom stereocenters. The number of methoxy groups -OCH3 is 2. The summed E-state index contributed by atoms with van der Waals surface area (Å²) in [4.78, 5) is 27.0. The summed E-state index contributed by atoms with van der Waals surface area (Å²) < 4.78 is 16.6. The number of amides is 1. The van der Waals surface area contributed by atoms with Gasteiger partial charge in [-0.2, -0.15) is 0 Å². The lowest BCUT2D eigenvalue weighted by Gasteiger charge is -2.31. The van der Waals surface area contributed by atoms with E-state index < -0.39 is 18.1 Å². The van der Waals surface area contributed by atoms with Crippen LogP contribution in [-0.2, 0) is 16.1 Å². The van der Waals surface area contributed by atoms with Gasteiger partial charge < -0.3 is 19.3 Å². The summed E-state index contributed by atoms with van der Waals surface area (Å²) >= 11 is 0. The molecular formula is C29H31NO6. The molecule has 1 aliphatic carbocycles. The maximum absolute atomic E-state index is 13.5. The number of nitrogens with zero attached hydrogens (tertiary/aromatic N) is 1. The smallest absolute Gasteiger partial charge is 0.410 e. The molecule has 7 heteroatoms. The zero-order valence-electron chi connectivity index (χ0n) is 20.9. The Morgan fingerprint density at radius 1 is 0.917 bits per heavy atom. The van der Waals surface area contributed by atoms with E-state index in [1.165, 1.54) is 12.0 Å². The van der Waals surface area contributed by atoms with E-state index >= 15 is 0 Å². The standard InChI is InChI=1S/C29H31NO6/c1-18(2)27(28(31)32)30(16-19-13-14-20(34-3)15-26(19)35-4)29(33)36-17-25-23-11-7-5-9-21(23)22-10-6-8-12-24(22)25/h5-15,18,25,27H,16-17H2,1-4H3,(H,31,32)/t27-/m0/s1. The van der Waals surface area contributed by atoms with Gasteiger partial charge in [0, 0.05) is 17.5 Å². The molecule has 7 nitrogen and oxygen atoms in total. The van der Waals surface area contributed by atoms with Gasteiger partial charge in [0.2, 0.25) is 0 Å². The van der Waals surface area contributed by atoms with Crippen LogP contribution in [0.2, 0.25) is 0 Å². The highest BCUT2D eigenvalue weighted by Gasteiger charge is 2.36. The van der Waals surface area contributed by atoms with Crippen molar-refractivity contribution in [2.75, 3.05) is 20.8 Å². The topological polar surface area (TPSA) is 85.3 Å². The van der Waals surface area contributed by atoms with Gasteiger partial charge in [-0.05, 0) is 40.3 Å². The number of hydrogen-bond acceptors (Lipinski definition) is 5. The predicted octanol–water partition coefficient (Wildman–Crippen LogP) is 5.56. The lowest BCUT2D eigenvalue weighted by molar-refractivity contribution is -0.144. The van der Waals surface area contributed by atoms with E-state index in [1.54, 1.807) is 39.2 Å². The van der Waals surface area contributed by atoms with Gasteiger partial charge in [-0.1, -0.05) is 62.4 Å². The number of hydrogen-bond donors (Lipinski definition) is 1. The van der Waals surface area contributed by atoms with E-state index in [-0.39, 0.29) is 25.0 Å². The molecule has 0 unspecified atom stereocenters. The van der Waals surface area contributed by atoms with E-state index in [2.05, 4.69) is 12.1 Å². The zero-order chi connectivity index (χ0) is 25.8. The van der Waals surface area contributed by atoms with Crippen molar-refractivity contribution in [2.45, 2.75) is 32.4 Å². The summed E-state index contributed by atoms with van der Waals surface area (Å²) in [5.41, 5.74) is 5.08. The number of carbonyl (C=O) groups is 2. The maximum Gasteiger partial charge on any atom is 0.410 e. The molecule has 0 radical (unpaired) electrons. The third-order valence-corrected chi connectivity index (χ3v) is 6.63. The molecule has 1 amide bonds. The second-order valence-corrected chi connectivity index (χ2v) is 9.14. The minimum atomic E-state index is -1.09. The van der Waals surface area contributed by atoms with Gasteiger partial charge in [-0.25, -0.2) is 9.59 Å². The zero-order valence-corrected chi connectivity index (χ0v) is 20.9. The van der Waals surface area contributed by atoms with Crippen molar-refractivity contribution in [2.24, 2.45) is 5.92 Å². The normalized spacial score (nSPS) is 13.0. The van der Waals surface area contributed by atoms with Crippen molar-refractivity contribution in [3.63, 3.8) is 0 Å². The molecule has 36 heavy (non-hydrogen) atoms. The first-order valence-corrected chi connectivity index (χ1v) is 11.9. The molecule has 3 aromatic carbocycles. The molecule has 0 saturated carbocycles. The molecule has 0 fully saturated rings. The Morgan fingerprint density at radius 3 is 2.06 bits per heavy atom. The SMILES string of the molecule is COc1ccc(CN(C(=O)OCC2c3ccccc3-c3ccccc32)[C@H](C(=O)O)C(C)C)c(OC)c1. The van der Waals surface area contributed by atoms with Gasteiger partial charge in [0.05, 0.1) is 20.8 Å². The minimum Gasteiger partial charge on any atom is -0.497 e. The van der Waals surface area contributed by atoms with Gasteiger partial charge in [-0.15, -0.1) is 0 Å². The molecule has 1 aliphatic rings. The average molecular weight is 490 g/mol. The Kier molecular flexibility index (Phi) is 7.48.